The predicted molar refractivity (Wildman–Crippen MR) is 174 cm³/mol. The van der Waals surface area contributed by atoms with Crippen molar-refractivity contribution in [3.63, 3.8) is 0 Å². The summed E-state index contributed by atoms with van der Waals surface area (Å²) < 4.78 is 29.8. The van der Waals surface area contributed by atoms with Gasteiger partial charge in [-0.2, -0.15) is 0 Å². The van der Waals surface area contributed by atoms with E-state index in [-0.39, 0.29) is 29.8 Å². The van der Waals surface area contributed by atoms with Gasteiger partial charge in [0, 0.05) is 23.5 Å². The van der Waals surface area contributed by atoms with Crippen LogP contribution in [-0.2, 0) is 32.6 Å². The topological polar surface area (TPSA) is 86.8 Å². The number of aryl methyl sites for hydroxylation is 1. The summed E-state index contributed by atoms with van der Waals surface area (Å²) in [6.45, 7) is 5.32. The first kappa shape index (κ1) is 32.0. The highest BCUT2D eigenvalue weighted by Crippen LogP contribution is 2.27. The maximum Gasteiger partial charge on any atom is 0.264 e. The van der Waals surface area contributed by atoms with Gasteiger partial charge in [0.2, 0.25) is 11.8 Å². The molecule has 0 saturated carbocycles. The second kappa shape index (κ2) is 14.5. The molecule has 0 saturated heterocycles. The molecule has 9 heteroatoms. The number of benzene rings is 4. The number of nitrogens with zero attached hydrogens (tertiary/aromatic N) is 2. The summed E-state index contributed by atoms with van der Waals surface area (Å²) in [6.07, 6.45) is 0.263. The van der Waals surface area contributed by atoms with E-state index in [9.17, 15) is 18.0 Å². The van der Waals surface area contributed by atoms with Gasteiger partial charge in [-0.3, -0.25) is 13.9 Å². The number of anilines is 1. The molecule has 0 spiro atoms. The number of hydrogen-bond acceptors (Lipinski definition) is 4. The number of carbonyl (C=O) groups is 2. The van der Waals surface area contributed by atoms with E-state index in [0.29, 0.717) is 10.2 Å². The number of hydrogen-bond donors (Lipinski definition) is 1. The fourth-order valence-corrected chi connectivity index (χ4v) is 6.64. The van der Waals surface area contributed by atoms with Gasteiger partial charge in [-0.15, -0.1) is 0 Å². The molecule has 0 bridgehead atoms. The summed E-state index contributed by atoms with van der Waals surface area (Å²) in [5, 5.41) is 2.97. The molecule has 0 aliphatic rings. The van der Waals surface area contributed by atoms with Crippen molar-refractivity contribution >= 4 is 43.5 Å². The van der Waals surface area contributed by atoms with Gasteiger partial charge >= 0.3 is 0 Å². The molecule has 7 nitrogen and oxygen atoms in total. The van der Waals surface area contributed by atoms with E-state index in [1.807, 2.05) is 75.4 Å². The summed E-state index contributed by atoms with van der Waals surface area (Å²) in [7, 11) is -4.14. The summed E-state index contributed by atoms with van der Waals surface area (Å²) in [5.41, 5.74) is 3.06. The molecule has 43 heavy (non-hydrogen) atoms. The number of nitrogens with one attached hydrogen (secondary N) is 1. The number of amides is 2. The largest absolute Gasteiger partial charge is 0.352 e. The second-order valence-electron chi connectivity index (χ2n) is 10.7. The smallest absolute Gasteiger partial charge is 0.264 e. The molecule has 1 atom stereocenters. The van der Waals surface area contributed by atoms with Crippen LogP contribution in [0.4, 0.5) is 5.69 Å². The first-order valence-corrected chi connectivity index (χ1v) is 16.3. The lowest BCUT2D eigenvalue weighted by Crippen LogP contribution is -2.54. The van der Waals surface area contributed by atoms with Crippen LogP contribution >= 0.6 is 15.9 Å². The van der Waals surface area contributed by atoms with Crippen molar-refractivity contribution in [1.82, 2.24) is 10.2 Å². The minimum Gasteiger partial charge on any atom is -0.352 e. The Balaban J connectivity index is 1.80. The normalized spacial score (nSPS) is 12.0. The Morgan fingerprint density at radius 3 is 2.07 bits per heavy atom. The number of sulfonamides is 1. The van der Waals surface area contributed by atoms with Crippen molar-refractivity contribution < 1.29 is 18.0 Å². The summed E-state index contributed by atoms with van der Waals surface area (Å²) in [5.74, 6) is -0.805. The van der Waals surface area contributed by atoms with Gasteiger partial charge in [0.15, 0.2) is 0 Å². The molecule has 2 amide bonds. The Labute approximate surface area is 262 Å². The molecular weight excluding hydrogens is 626 g/mol. The maximum absolute atomic E-state index is 14.4. The van der Waals surface area contributed by atoms with Crippen molar-refractivity contribution in [3.8, 4) is 0 Å². The molecule has 1 unspecified atom stereocenters. The fraction of sp³-hybridized carbons (Fsp3) is 0.235. The van der Waals surface area contributed by atoms with Crippen molar-refractivity contribution in [2.75, 3.05) is 10.8 Å². The third-order valence-electron chi connectivity index (χ3n) is 6.84. The van der Waals surface area contributed by atoms with E-state index in [1.165, 1.54) is 17.0 Å². The van der Waals surface area contributed by atoms with Crippen LogP contribution in [0.15, 0.2) is 119 Å². The quantitative estimate of drug-likeness (QED) is 0.198. The van der Waals surface area contributed by atoms with Crippen LogP contribution in [0.3, 0.4) is 0 Å². The van der Waals surface area contributed by atoms with Gasteiger partial charge in [-0.25, -0.2) is 8.42 Å². The summed E-state index contributed by atoms with van der Waals surface area (Å²) >= 11 is 3.43. The lowest BCUT2D eigenvalue weighted by Gasteiger charge is -2.34. The SMILES string of the molecule is Cc1cccc(CN(C(=O)CN(c2cccc(Br)c2)S(=O)(=O)c2ccccc2)C(Cc2ccccc2)C(=O)NC(C)C)c1. The van der Waals surface area contributed by atoms with E-state index in [0.717, 1.165) is 21.0 Å². The molecule has 4 aromatic carbocycles. The van der Waals surface area contributed by atoms with E-state index in [1.54, 1.807) is 42.5 Å². The Hall–Kier alpha value is -3.95. The van der Waals surface area contributed by atoms with Crippen LogP contribution in [0.1, 0.15) is 30.5 Å². The van der Waals surface area contributed by atoms with Crippen molar-refractivity contribution in [3.05, 3.63) is 130 Å². The zero-order chi connectivity index (χ0) is 31.0. The zero-order valence-corrected chi connectivity index (χ0v) is 26.9. The molecular formula is C34H36BrN3O4S. The van der Waals surface area contributed by atoms with Gasteiger partial charge in [-0.05, 0) is 62.2 Å². The molecule has 0 radical (unpaired) electrons. The highest BCUT2D eigenvalue weighted by atomic mass is 79.9. The van der Waals surface area contributed by atoms with Gasteiger partial charge < -0.3 is 10.2 Å². The van der Waals surface area contributed by atoms with Gasteiger partial charge in [0.05, 0.1) is 10.6 Å². The zero-order valence-electron chi connectivity index (χ0n) is 24.5. The van der Waals surface area contributed by atoms with Crippen LogP contribution < -0.4 is 9.62 Å². The van der Waals surface area contributed by atoms with E-state index >= 15 is 0 Å². The molecule has 0 fully saturated rings. The minimum absolute atomic E-state index is 0.0615. The average Bonchev–Trinajstić information content (AvgIpc) is 2.98. The molecule has 4 aromatic rings. The van der Waals surface area contributed by atoms with Gasteiger partial charge in [-0.1, -0.05) is 100 Å². The Morgan fingerprint density at radius 1 is 0.814 bits per heavy atom. The number of halogens is 1. The molecule has 0 aliphatic heterocycles. The third-order valence-corrected chi connectivity index (χ3v) is 9.13. The van der Waals surface area contributed by atoms with Gasteiger partial charge in [0.25, 0.3) is 10.0 Å². The third kappa shape index (κ3) is 8.55. The summed E-state index contributed by atoms with van der Waals surface area (Å²) in [4.78, 5) is 29.7. The monoisotopic (exact) mass is 661 g/mol. The number of rotatable bonds is 12. The second-order valence-corrected chi connectivity index (χ2v) is 13.5. The van der Waals surface area contributed by atoms with E-state index < -0.39 is 28.5 Å². The summed E-state index contributed by atoms with van der Waals surface area (Å²) in [6, 6.07) is 31.0. The molecule has 0 aromatic heterocycles. The van der Waals surface area contributed by atoms with Crippen LogP contribution in [0, 0.1) is 6.92 Å². The predicted octanol–water partition coefficient (Wildman–Crippen LogP) is 6.12. The lowest BCUT2D eigenvalue weighted by molar-refractivity contribution is -0.140. The maximum atomic E-state index is 14.4. The highest BCUT2D eigenvalue weighted by molar-refractivity contribution is 9.10. The first-order chi connectivity index (χ1) is 20.5. The Bertz CT molecular complexity index is 1650. The number of carbonyl (C=O) groups excluding carboxylic acids is 2. The standard InChI is InChI=1S/C34H36BrN3O4S/c1-25(2)36-34(40)32(21-27-13-6-4-7-14-27)37(23-28-15-10-12-26(3)20-28)33(39)24-38(30-17-11-16-29(35)22-30)43(41,42)31-18-8-5-9-19-31/h4-20,22,25,32H,21,23-24H2,1-3H3,(H,36,40). The van der Waals surface area contributed by atoms with Crippen LogP contribution in [0.25, 0.3) is 0 Å². The average molecular weight is 663 g/mol. The van der Waals surface area contributed by atoms with Crippen LogP contribution in [-0.4, -0.2) is 43.8 Å². The van der Waals surface area contributed by atoms with E-state index in [2.05, 4.69) is 21.2 Å². The Morgan fingerprint density at radius 2 is 1.44 bits per heavy atom. The highest BCUT2D eigenvalue weighted by Gasteiger charge is 2.34. The van der Waals surface area contributed by atoms with Gasteiger partial charge in [0.1, 0.15) is 12.6 Å². The molecule has 224 valence electrons. The van der Waals surface area contributed by atoms with E-state index in [4.69, 9.17) is 0 Å². The molecule has 0 aliphatic carbocycles. The molecule has 4 rings (SSSR count). The van der Waals surface area contributed by atoms with Crippen LogP contribution in [0.5, 0.6) is 0 Å². The van der Waals surface area contributed by atoms with Crippen molar-refractivity contribution in [2.45, 2.75) is 50.7 Å². The van der Waals surface area contributed by atoms with Crippen molar-refractivity contribution in [1.29, 1.82) is 0 Å². The van der Waals surface area contributed by atoms with Crippen molar-refractivity contribution in [2.24, 2.45) is 0 Å². The fourth-order valence-electron chi connectivity index (χ4n) is 4.82. The molecule has 0 heterocycles. The Kier molecular flexibility index (Phi) is 10.8. The minimum atomic E-state index is -4.14. The molecule has 1 N–H and O–H groups in total. The lowest BCUT2D eigenvalue weighted by atomic mass is 10.0. The first-order valence-electron chi connectivity index (χ1n) is 14.1. The van der Waals surface area contributed by atoms with Crippen LogP contribution in [0.2, 0.25) is 0 Å².